The highest BCUT2D eigenvalue weighted by molar-refractivity contribution is 5.78. The Morgan fingerprint density at radius 2 is 1.93 bits per heavy atom. The second kappa shape index (κ2) is 8.86. The van der Waals surface area contributed by atoms with E-state index in [9.17, 15) is 14.7 Å². The fourth-order valence-corrected chi connectivity index (χ4v) is 4.16. The molecule has 2 N–H and O–H groups in total. The van der Waals surface area contributed by atoms with E-state index in [1.165, 1.54) is 10.8 Å². The molecule has 0 unspecified atom stereocenters. The lowest BCUT2D eigenvalue weighted by molar-refractivity contribution is 0.0331. The van der Waals surface area contributed by atoms with Crippen LogP contribution in [0.25, 0.3) is 10.9 Å². The number of nitrogens with zero attached hydrogens (tertiary/aromatic N) is 2. The van der Waals surface area contributed by atoms with Gasteiger partial charge in [-0.3, -0.25) is 4.79 Å². The van der Waals surface area contributed by atoms with E-state index in [1.54, 1.807) is 6.07 Å². The van der Waals surface area contributed by atoms with Gasteiger partial charge in [-0.1, -0.05) is 31.0 Å². The van der Waals surface area contributed by atoms with Crippen molar-refractivity contribution in [3.63, 3.8) is 0 Å². The number of benzene rings is 1. The Morgan fingerprint density at radius 1 is 1.14 bits per heavy atom. The number of rotatable bonds is 7. The van der Waals surface area contributed by atoms with Gasteiger partial charge in [-0.25, -0.2) is 4.79 Å². The van der Waals surface area contributed by atoms with Gasteiger partial charge < -0.3 is 20.2 Å². The number of hydrogen-bond donors (Lipinski definition) is 2. The molecule has 2 saturated carbocycles. The van der Waals surface area contributed by atoms with Crippen LogP contribution in [-0.4, -0.2) is 52.1 Å². The first-order chi connectivity index (χ1) is 14.1. The van der Waals surface area contributed by atoms with Gasteiger partial charge in [0.1, 0.15) is 6.61 Å². The van der Waals surface area contributed by atoms with Gasteiger partial charge in [0, 0.05) is 30.5 Å². The van der Waals surface area contributed by atoms with Gasteiger partial charge in [-0.2, -0.15) is 0 Å². The molecule has 0 bridgehead atoms. The van der Waals surface area contributed by atoms with Gasteiger partial charge in [-0.15, -0.1) is 4.73 Å². The summed E-state index contributed by atoms with van der Waals surface area (Å²) < 4.78 is 1.31. The molecule has 1 aromatic heterocycles. The van der Waals surface area contributed by atoms with Crippen LogP contribution in [0.15, 0.2) is 41.2 Å². The molecule has 156 valence electrons. The lowest BCUT2D eigenvalue weighted by atomic mass is 9.91. The van der Waals surface area contributed by atoms with E-state index >= 15 is 0 Å². The number of aliphatic hydroxyl groups excluding tert-OH is 1. The maximum absolute atomic E-state index is 12.7. The molecule has 2 aliphatic rings. The van der Waals surface area contributed by atoms with E-state index in [4.69, 9.17) is 4.84 Å². The summed E-state index contributed by atoms with van der Waals surface area (Å²) in [7, 11) is 0. The number of urea groups is 1. The molecule has 7 heteroatoms. The van der Waals surface area contributed by atoms with Crippen LogP contribution in [-0.2, 0) is 0 Å². The van der Waals surface area contributed by atoms with Crippen molar-refractivity contribution in [2.75, 3.05) is 13.2 Å². The van der Waals surface area contributed by atoms with Crippen molar-refractivity contribution in [3.8, 4) is 0 Å². The highest BCUT2D eigenvalue weighted by atomic mass is 16.7. The second-order valence-corrected chi connectivity index (χ2v) is 8.00. The summed E-state index contributed by atoms with van der Waals surface area (Å²) in [6, 6.07) is 10.9. The molecule has 29 heavy (non-hydrogen) atoms. The van der Waals surface area contributed by atoms with Gasteiger partial charge in [0.15, 0.2) is 0 Å². The fourth-order valence-electron chi connectivity index (χ4n) is 4.16. The minimum Gasteiger partial charge on any atom is -0.410 e. The molecule has 1 aromatic carbocycles. The van der Waals surface area contributed by atoms with Gasteiger partial charge in [0.05, 0.1) is 17.7 Å². The van der Waals surface area contributed by atoms with Gasteiger partial charge >= 0.3 is 6.03 Å². The number of carbonyl (C=O) groups is 1. The average molecular weight is 399 g/mol. The van der Waals surface area contributed by atoms with Crippen LogP contribution >= 0.6 is 0 Å². The van der Waals surface area contributed by atoms with Crippen molar-refractivity contribution in [2.45, 2.75) is 63.1 Å². The zero-order valence-corrected chi connectivity index (χ0v) is 16.6. The first-order valence-corrected chi connectivity index (χ1v) is 10.6. The zero-order chi connectivity index (χ0) is 20.2. The molecular formula is C22H29N3O4. The second-order valence-electron chi connectivity index (χ2n) is 8.00. The van der Waals surface area contributed by atoms with Gasteiger partial charge in [-0.05, 0) is 37.8 Å². The summed E-state index contributed by atoms with van der Waals surface area (Å²) in [5, 5.41) is 14.2. The molecule has 2 aromatic rings. The summed E-state index contributed by atoms with van der Waals surface area (Å²) in [5.74, 6) is 0. The maximum atomic E-state index is 12.7. The number of amides is 2. The Hall–Kier alpha value is -2.54. The van der Waals surface area contributed by atoms with E-state index < -0.39 is 6.10 Å². The van der Waals surface area contributed by atoms with E-state index in [1.807, 2.05) is 29.2 Å². The number of para-hydroxylation sites is 1. The molecule has 2 atom stereocenters. The molecule has 7 nitrogen and oxygen atoms in total. The summed E-state index contributed by atoms with van der Waals surface area (Å²) in [6.45, 7) is 0.786. The van der Waals surface area contributed by atoms with Crippen LogP contribution in [0, 0.1) is 0 Å². The Morgan fingerprint density at radius 3 is 2.72 bits per heavy atom. The molecule has 0 radical (unpaired) electrons. The number of aliphatic hydroxyl groups is 1. The Labute approximate surface area is 170 Å². The smallest absolute Gasteiger partial charge is 0.317 e. The number of hydrogen-bond acceptors (Lipinski definition) is 4. The van der Waals surface area contributed by atoms with Crippen molar-refractivity contribution in [1.29, 1.82) is 0 Å². The molecular weight excluding hydrogens is 370 g/mol. The summed E-state index contributed by atoms with van der Waals surface area (Å²) in [4.78, 5) is 32.4. The van der Waals surface area contributed by atoms with Crippen LogP contribution in [0.2, 0.25) is 0 Å². The lowest BCUT2D eigenvalue weighted by Crippen LogP contribution is -2.53. The van der Waals surface area contributed by atoms with Crippen LogP contribution in [0.5, 0.6) is 0 Å². The number of aromatic nitrogens is 1. The monoisotopic (exact) mass is 399 g/mol. The standard InChI is InChI=1S/C22H29N3O4/c26-20-9-4-3-8-19(20)24(17-11-12-17)22(28)23-14-5-15-29-25-18-7-2-1-6-16(18)10-13-21(25)27/h1-2,6-7,10,13,17,19-20,26H,3-5,8-9,11-12,14-15H2,(H,23,28)/t19-,20-/m1/s1. The number of fused-ring (bicyclic) bond motifs is 1. The normalized spacial score (nSPS) is 21.7. The van der Waals surface area contributed by atoms with Crippen molar-refractivity contribution >= 4 is 16.9 Å². The van der Waals surface area contributed by atoms with Gasteiger partial charge in [0.25, 0.3) is 5.56 Å². The van der Waals surface area contributed by atoms with E-state index in [0.717, 1.165) is 49.4 Å². The van der Waals surface area contributed by atoms with Crippen LogP contribution in [0.4, 0.5) is 4.79 Å². The molecule has 1 heterocycles. The number of nitrogens with one attached hydrogen (secondary N) is 1. The van der Waals surface area contributed by atoms with Crippen molar-refractivity contribution in [1.82, 2.24) is 14.9 Å². The first-order valence-electron chi connectivity index (χ1n) is 10.6. The topological polar surface area (TPSA) is 83.8 Å². The third kappa shape index (κ3) is 4.56. The predicted octanol–water partition coefficient (Wildman–Crippen LogP) is 2.30. The SMILES string of the molecule is O=C(NCCCOn1c(=O)ccc2ccccc21)N(C1CC1)[C@@H]1CCCC[C@H]1O. The number of pyridine rings is 1. The minimum absolute atomic E-state index is 0.0678. The van der Waals surface area contributed by atoms with Crippen LogP contribution < -0.4 is 15.7 Å². The predicted molar refractivity (Wildman–Crippen MR) is 111 cm³/mol. The maximum Gasteiger partial charge on any atom is 0.317 e. The minimum atomic E-state index is -0.420. The third-order valence-corrected chi connectivity index (χ3v) is 5.80. The largest absolute Gasteiger partial charge is 0.410 e. The number of carbonyl (C=O) groups excluding carboxylic acids is 1. The molecule has 2 aliphatic carbocycles. The quantitative estimate of drug-likeness (QED) is 0.700. The van der Waals surface area contributed by atoms with Crippen LogP contribution in [0.3, 0.4) is 0 Å². The summed E-state index contributed by atoms with van der Waals surface area (Å²) in [5.41, 5.74) is 0.522. The Kier molecular flexibility index (Phi) is 6.04. The van der Waals surface area contributed by atoms with Crippen molar-refractivity contribution in [3.05, 3.63) is 46.8 Å². The van der Waals surface area contributed by atoms with E-state index in [0.29, 0.717) is 19.6 Å². The first kappa shape index (κ1) is 19.8. The summed E-state index contributed by atoms with van der Waals surface area (Å²) >= 11 is 0. The summed E-state index contributed by atoms with van der Waals surface area (Å²) in [6.07, 6.45) is 5.94. The molecule has 2 fully saturated rings. The van der Waals surface area contributed by atoms with Crippen molar-refractivity contribution < 1.29 is 14.7 Å². The molecule has 0 saturated heterocycles. The average Bonchev–Trinajstić information content (AvgIpc) is 3.56. The van der Waals surface area contributed by atoms with Crippen molar-refractivity contribution in [2.24, 2.45) is 0 Å². The molecule has 4 rings (SSSR count). The van der Waals surface area contributed by atoms with Gasteiger partial charge in [0.2, 0.25) is 0 Å². The molecule has 0 aliphatic heterocycles. The third-order valence-electron chi connectivity index (χ3n) is 5.80. The van der Waals surface area contributed by atoms with E-state index in [2.05, 4.69) is 5.32 Å². The molecule has 2 amide bonds. The highest BCUT2D eigenvalue weighted by Gasteiger charge is 2.40. The van der Waals surface area contributed by atoms with E-state index in [-0.39, 0.29) is 23.7 Å². The molecule has 0 spiro atoms. The Bertz CT molecular complexity index is 908. The highest BCUT2D eigenvalue weighted by Crippen LogP contribution is 2.33. The lowest BCUT2D eigenvalue weighted by Gasteiger charge is -2.37. The fraction of sp³-hybridized carbons (Fsp3) is 0.545. The zero-order valence-electron chi connectivity index (χ0n) is 16.6. The van der Waals surface area contributed by atoms with Crippen LogP contribution in [0.1, 0.15) is 44.9 Å². The Balaban J connectivity index is 1.29.